The maximum absolute atomic E-state index is 2.24. The van der Waals surface area contributed by atoms with E-state index in [-0.39, 0.29) is 49.6 Å². The van der Waals surface area contributed by atoms with Crippen LogP contribution in [0.1, 0.15) is 6.92 Å². The summed E-state index contributed by atoms with van der Waals surface area (Å²) in [5.74, 6) is 0. The van der Waals surface area contributed by atoms with E-state index in [1.165, 1.54) is 27.9 Å². The minimum atomic E-state index is 0. The van der Waals surface area contributed by atoms with Crippen LogP contribution in [0.4, 0.5) is 0 Å². The van der Waals surface area contributed by atoms with E-state index >= 15 is 0 Å². The first-order valence-electron chi connectivity index (χ1n) is 1.67. The van der Waals surface area contributed by atoms with E-state index in [2.05, 4.69) is 17.3 Å². The maximum Gasteiger partial charge on any atom is -1.00 e. The summed E-state index contributed by atoms with van der Waals surface area (Å²) in [4.78, 5) is 0. The van der Waals surface area contributed by atoms with Crippen molar-refractivity contribution in [2.24, 2.45) is 0 Å². The molecule has 0 rings (SSSR count). The second-order valence-electron chi connectivity index (χ2n) is 0.974. The Morgan fingerprint density at radius 1 is 1.11 bits per heavy atom. The molecule has 0 N–H and O–H groups in total. The molecule has 0 spiro atoms. The first-order valence-corrected chi connectivity index (χ1v) is 3.11. The van der Waals surface area contributed by atoms with Crippen LogP contribution in [0.2, 0.25) is 0 Å². The van der Waals surface area contributed by atoms with Crippen molar-refractivity contribution in [3.63, 3.8) is 0 Å². The molecule has 0 atom stereocenters. The summed E-state index contributed by atoms with van der Waals surface area (Å²) < 4.78 is 2.24. The van der Waals surface area contributed by atoms with Gasteiger partial charge in [-0.05, 0) is 0 Å². The van der Waals surface area contributed by atoms with Gasteiger partial charge < -0.3 is 49.6 Å². The van der Waals surface area contributed by atoms with Crippen molar-refractivity contribution < 1.29 is 71.0 Å². The summed E-state index contributed by atoms with van der Waals surface area (Å²) in [7, 11) is 2.10. The van der Waals surface area contributed by atoms with E-state index in [0.717, 1.165) is 0 Å². The number of hydrogen-bond acceptors (Lipinski definition) is 1. The summed E-state index contributed by atoms with van der Waals surface area (Å²) in [6, 6.07) is 0. The SMILES string of the molecule is CC[N](C)[Ta+4].[Cl-].[Cl-].[Cl-].[Cl-]. The molecule has 0 aliphatic heterocycles. The normalized spacial score (nSPS) is 5.44. The molecule has 0 saturated heterocycles. The van der Waals surface area contributed by atoms with Crippen molar-refractivity contribution in [2.45, 2.75) is 6.92 Å². The van der Waals surface area contributed by atoms with Crippen molar-refractivity contribution >= 4 is 0 Å². The van der Waals surface area contributed by atoms with Crippen LogP contribution in [0.15, 0.2) is 0 Å². The van der Waals surface area contributed by atoms with E-state index in [0.29, 0.717) is 0 Å². The van der Waals surface area contributed by atoms with Gasteiger partial charge in [0.2, 0.25) is 0 Å². The molecule has 0 bridgehead atoms. The smallest absolute Gasteiger partial charge is 1.00 e. The molecule has 0 unspecified atom stereocenters. The van der Waals surface area contributed by atoms with Crippen LogP contribution >= 0.6 is 0 Å². The number of rotatable bonds is 1. The minimum absolute atomic E-state index is 0. The van der Waals surface area contributed by atoms with Crippen molar-refractivity contribution in [1.82, 2.24) is 3.30 Å². The molecule has 0 aliphatic carbocycles. The summed E-state index contributed by atoms with van der Waals surface area (Å²) in [5, 5.41) is 0. The standard InChI is InChI=1S/C3H8N.4ClH.Ta/c1-3-4-2;;;;;/h3H2,1-2H3;4*1H;/q-1;;;;;+5/p-4. The maximum atomic E-state index is 2.24. The van der Waals surface area contributed by atoms with Crippen LogP contribution in [0, 0.1) is 0 Å². The van der Waals surface area contributed by atoms with E-state index < -0.39 is 0 Å². The predicted octanol–water partition coefficient (Wildman–Crippen LogP) is -11.6. The average molecular weight is 381 g/mol. The van der Waals surface area contributed by atoms with Crippen LogP contribution in [-0.2, 0) is 21.3 Å². The molecule has 9 heavy (non-hydrogen) atoms. The molecular weight excluding hydrogens is 373 g/mol. The molecule has 0 aromatic carbocycles. The molecule has 0 amide bonds. The van der Waals surface area contributed by atoms with Gasteiger partial charge in [-0.25, -0.2) is 0 Å². The Balaban J connectivity index is -0.0000000133. The molecule has 6 heteroatoms. The molecule has 0 heterocycles. The zero-order valence-electron chi connectivity index (χ0n) is 5.11. The van der Waals surface area contributed by atoms with Gasteiger partial charge >= 0.3 is 45.1 Å². The zero-order chi connectivity index (χ0) is 4.28. The molecule has 0 fully saturated rings. The van der Waals surface area contributed by atoms with E-state index in [1.54, 1.807) is 0 Å². The monoisotopic (exact) mass is 379 g/mol. The minimum Gasteiger partial charge on any atom is -1.00 e. The van der Waals surface area contributed by atoms with E-state index in [4.69, 9.17) is 0 Å². The Morgan fingerprint density at radius 2 is 1.22 bits per heavy atom. The Bertz CT molecular complexity index is 29.8. The van der Waals surface area contributed by atoms with Crippen LogP contribution in [0.25, 0.3) is 0 Å². The fourth-order valence-electron chi connectivity index (χ4n) is 0. The molecular formula is C3H8Cl4NTa. The predicted molar refractivity (Wildman–Crippen MR) is 18.3 cm³/mol. The van der Waals surface area contributed by atoms with E-state index in [9.17, 15) is 0 Å². The second kappa shape index (κ2) is 22.5. The number of nitrogens with zero attached hydrogens (tertiary/aromatic N) is 1. The largest absolute Gasteiger partial charge is 1.00 e. The summed E-state index contributed by atoms with van der Waals surface area (Å²) >= 11 is 1.37. The van der Waals surface area contributed by atoms with Crippen LogP contribution in [-0.4, -0.2) is 16.9 Å². The van der Waals surface area contributed by atoms with Gasteiger partial charge in [0.1, 0.15) is 0 Å². The van der Waals surface area contributed by atoms with Crippen LogP contribution < -0.4 is 49.6 Å². The number of halogens is 4. The Labute approximate surface area is 94.2 Å². The first-order chi connectivity index (χ1) is 2.27. The molecule has 58 valence electrons. The number of hydrogen-bond donors (Lipinski definition) is 0. The fraction of sp³-hybridized carbons (Fsp3) is 1.00. The Kier molecular flexibility index (Phi) is 77.0. The second-order valence-corrected chi connectivity index (χ2v) is 3.43. The van der Waals surface area contributed by atoms with Gasteiger partial charge in [0.25, 0.3) is 0 Å². The topological polar surface area (TPSA) is 3.24 Å². The molecule has 0 radical (unpaired) electrons. The molecule has 0 aromatic heterocycles. The van der Waals surface area contributed by atoms with Gasteiger partial charge in [0.15, 0.2) is 0 Å². The third-order valence-electron chi connectivity index (χ3n) is 0.458. The van der Waals surface area contributed by atoms with Gasteiger partial charge in [-0.3, -0.25) is 0 Å². The zero-order valence-corrected chi connectivity index (χ0v) is 11.4. The summed E-state index contributed by atoms with van der Waals surface area (Å²) in [6.45, 7) is 3.34. The molecule has 0 saturated carbocycles. The Morgan fingerprint density at radius 3 is 1.22 bits per heavy atom. The van der Waals surface area contributed by atoms with Gasteiger partial charge in [0, 0.05) is 0 Å². The van der Waals surface area contributed by atoms with Crippen molar-refractivity contribution in [3.05, 3.63) is 0 Å². The fourth-order valence-corrected chi connectivity index (χ4v) is 0. The van der Waals surface area contributed by atoms with Crippen molar-refractivity contribution in [3.8, 4) is 0 Å². The third kappa shape index (κ3) is 40.9. The van der Waals surface area contributed by atoms with Crippen LogP contribution in [0.3, 0.4) is 0 Å². The van der Waals surface area contributed by atoms with Crippen molar-refractivity contribution in [1.29, 1.82) is 0 Å². The molecule has 0 aromatic rings. The van der Waals surface area contributed by atoms with Gasteiger partial charge in [-0.2, -0.15) is 0 Å². The summed E-state index contributed by atoms with van der Waals surface area (Å²) in [6.07, 6.45) is 0. The van der Waals surface area contributed by atoms with Gasteiger partial charge in [-0.1, -0.05) is 0 Å². The van der Waals surface area contributed by atoms with Gasteiger partial charge in [-0.15, -0.1) is 0 Å². The summed E-state index contributed by atoms with van der Waals surface area (Å²) in [5.41, 5.74) is 0. The molecule has 1 nitrogen and oxygen atoms in total. The quantitative estimate of drug-likeness (QED) is 0.437. The van der Waals surface area contributed by atoms with E-state index in [1.807, 2.05) is 0 Å². The van der Waals surface area contributed by atoms with Crippen molar-refractivity contribution in [2.75, 3.05) is 13.6 Å². The molecule has 0 aliphatic rings. The first kappa shape index (κ1) is 30.7. The Hall–Kier alpha value is 1.86. The average Bonchev–Trinajstić information content (AvgIpc) is 1.38. The van der Waals surface area contributed by atoms with Gasteiger partial charge in [0.05, 0.1) is 0 Å². The third-order valence-corrected chi connectivity index (χ3v) is 1.47. The van der Waals surface area contributed by atoms with Crippen LogP contribution in [0.5, 0.6) is 0 Å².